The standard InChI is InChI=1S/C7H10O8/c8-2-4(9)6(11)3-1-5(10)13-15-14-7(3)12/h3-4,6,8-9,11H,1-2H2. The summed E-state index contributed by atoms with van der Waals surface area (Å²) >= 11 is 0. The highest BCUT2D eigenvalue weighted by Crippen LogP contribution is 2.18. The highest BCUT2D eigenvalue weighted by Gasteiger charge is 2.38. The maximum Gasteiger partial charge on any atom is 0.353 e. The normalized spacial score (nSPS) is 26.2. The monoisotopic (exact) mass is 222 g/mol. The van der Waals surface area contributed by atoms with Gasteiger partial charge in [0, 0.05) is 5.04 Å². The van der Waals surface area contributed by atoms with Crippen LogP contribution < -0.4 is 0 Å². The molecule has 1 heterocycles. The zero-order chi connectivity index (χ0) is 11.4. The minimum absolute atomic E-state index is 0.503. The van der Waals surface area contributed by atoms with E-state index >= 15 is 0 Å². The average molecular weight is 222 g/mol. The van der Waals surface area contributed by atoms with Crippen LogP contribution in [0, 0.1) is 5.92 Å². The highest BCUT2D eigenvalue weighted by atomic mass is 17.5. The fourth-order valence-corrected chi connectivity index (χ4v) is 1.08. The second-order valence-corrected chi connectivity index (χ2v) is 2.98. The summed E-state index contributed by atoms with van der Waals surface area (Å²) in [5.41, 5.74) is 0. The van der Waals surface area contributed by atoms with Gasteiger partial charge in [-0.05, 0) is 0 Å². The molecular weight excluding hydrogens is 212 g/mol. The molecule has 1 fully saturated rings. The van der Waals surface area contributed by atoms with Crippen molar-refractivity contribution in [1.82, 2.24) is 0 Å². The SMILES string of the molecule is O=C1CC(C(O)C(O)CO)C(=O)OOO1. The molecule has 0 aliphatic carbocycles. The van der Waals surface area contributed by atoms with Gasteiger partial charge in [0.05, 0.1) is 25.0 Å². The van der Waals surface area contributed by atoms with Crippen LogP contribution in [0.25, 0.3) is 0 Å². The Labute approximate surface area is 83.8 Å². The van der Waals surface area contributed by atoms with Crippen molar-refractivity contribution in [2.75, 3.05) is 6.61 Å². The van der Waals surface area contributed by atoms with Crippen molar-refractivity contribution < 1.29 is 39.7 Å². The van der Waals surface area contributed by atoms with Gasteiger partial charge in [-0.2, -0.15) is 0 Å². The number of carbonyl (C=O) groups excluding carboxylic acids is 2. The first-order valence-electron chi connectivity index (χ1n) is 4.11. The molecule has 0 spiro atoms. The Morgan fingerprint density at radius 2 is 2.00 bits per heavy atom. The lowest BCUT2D eigenvalue weighted by molar-refractivity contribution is -0.456. The molecule has 1 saturated heterocycles. The molecular formula is C7H10O8. The van der Waals surface area contributed by atoms with Crippen molar-refractivity contribution >= 4 is 11.9 Å². The quantitative estimate of drug-likeness (QED) is 0.454. The predicted octanol–water partition coefficient (Wildman–Crippen LogP) is -2.35. The Morgan fingerprint density at radius 3 is 2.60 bits per heavy atom. The summed E-state index contributed by atoms with van der Waals surface area (Å²) in [6.45, 7) is -0.749. The summed E-state index contributed by atoms with van der Waals surface area (Å²) in [6, 6.07) is 0. The molecule has 3 unspecified atom stereocenters. The topological polar surface area (TPSA) is 123 Å². The molecule has 0 aromatic carbocycles. The third-order valence-electron chi connectivity index (χ3n) is 1.93. The molecule has 0 amide bonds. The maximum atomic E-state index is 11.1. The molecule has 8 heteroatoms. The number of rotatable bonds is 3. The summed E-state index contributed by atoms with van der Waals surface area (Å²) in [5.74, 6) is -3.31. The van der Waals surface area contributed by atoms with E-state index in [4.69, 9.17) is 10.2 Å². The van der Waals surface area contributed by atoms with Gasteiger partial charge in [0.2, 0.25) is 0 Å². The van der Waals surface area contributed by atoms with Crippen LogP contribution in [0.15, 0.2) is 0 Å². The van der Waals surface area contributed by atoms with E-state index in [1.165, 1.54) is 0 Å². The molecule has 0 bridgehead atoms. The van der Waals surface area contributed by atoms with E-state index < -0.39 is 43.1 Å². The fraction of sp³-hybridized carbons (Fsp3) is 0.714. The molecule has 0 aromatic heterocycles. The molecule has 1 aliphatic rings. The van der Waals surface area contributed by atoms with Gasteiger partial charge >= 0.3 is 11.9 Å². The van der Waals surface area contributed by atoms with Crippen LogP contribution >= 0.6 is 0 Å². The average Bonchev–Trinajstić information content (AvgIpc) is 2.38. The summed E-state index contributed by atoms with van der Waals surface area (Å²) in [4.78, 5) is 29.8. The molecule has 0 radical (unpaired) electrons. The zero-order valence-corrected chi connectivity index (χ0v) is 7.53. The number of hydrogen-bond donors (Lipinski definition) is 3. The first-order chi connectivity index (χ1) is 7.06. The molecule has 15 heavy (non-hydrogen) atoms. The van der Waals surface area contributed by atoms with Crippen LogP contribution in [0.3, 0.4) is 0 Å². The Morgan fingerprint density at radius 1 is 1.33 bits per heavy atom. The molecule has 3 N–H and O–H groups in total. The van der Waals surface area contributed by atoms with Crippen LogP contribution in [0.5, 0.6) is 0 Å². The molecule has 86 valence electrons. The van der Waals surface area contributed by atoms with E-state index in [-0.39, 0.29) is 0 Å². The Balaban J connectivity index is 2.71. The molecule has 1 aliphatic heterocycles. The Hall–Kier alpha value is -1.22. The van der Waals surface area contributed by atoms with Crippen molar-refractivity contribution in [2.45, 2.75) is 18.6 Å². The van der Waals surface area contributed by atoms with Crippen molar-refractivity contribution in [3.05, 3.63) is 0 Å². The fourth-order valence-electron chi connectivity index (χ4n) is 1.08. The van der Waals surface area contributed by atoms with Gasteiger partial charge in [-0.1, -0.05) is 0 Å². The zero-order valence-electron chi connectivity index (χ0n) is 7.53. The Kier molecular flexibility index (Phi) is 3.97. The number of carbonyl (C=O) groups is 2. The Bertz CT molecular complexity index is 251. The lowest BCUT2D eigenvalue weighted by atomic mass is 9.95. The van der Waals surface area contributed by atoms with Crippen molar-refractivity contribution in [1.29, 1.82) is 0 Å². The smallest absolute Gasteiger partial charge is 0.353 e. The van der Waals surface area contributed by atoms with Gasteiger partial charge in [0.25, 0.3) is 0 Å². The molecule has 1 rings (SSSR count). The minimum atomic E-state index is -1.63. The summed E-state index contributed by atoms with van der Waals surface area (Å²) in [6.07, 6.45) is -3.68. The second-order valence-electron chi connectivity index (χ2n) is 2.98. The van der Waals surface area contributed by atoms with E-state index in [2.05, 4.69) is 14.8 Å². The first-order valence-corrected chi connectivity index (χ1v) is 4.11. The molecule has 3 atom stereocenters. The van der Waals surface area contributed by atoms with E-state index in [9.17, 15) is 14.7 Å². The van der Waals surface area contributed by atoms with E-state index in [1.54, 1.807) is 0 Å². The summed E-state index contributed by atoms with van der Waals surface area (Å²) < 4.78 is 0. The van der Waals surface area contributed by atoms with Gasteiger partial charge in [0.1, 0.15) is 6.10 Å². The maximum absolute atomic E-state index is 11.1. The van der Waals surface area contributed by atoms with E-state index in [0.717, 1.165) is 0 Å². The first kappa shape index (κ1) is 11.9. The minimum Gasteiger partial charge on any atom is -0.394 e. The van der Waals surface area contributed by atoms with Crippen LogP contribution in [0.2, 0.25) is 0 Å². The highest BCUT2D eigenvalue weighted by molar-refractivity contribution is 5.80. The largest absolute Gasteiger partial charge is 0.394 e. The van der Waals surface area contributed by atoms with Crippen molar-refractivity contribution in [3.63, 3.8) is 0 Å². The number of aliphatic hydroxyl groups excluding tert-OH is 3. The van der Waals surface area contributed by atoms with Crippen molar-refractivity contribution in [3.8, 4) is 0 Å². The van der Waals surface area contributed by atoms with Crippen LogP contribution in [-0.2, 0) is 24.4 Å². The third kappa shape index (κ3) is 2.86. The van der Waals surface area contributed by atoms with Crippen LogP contribution in [0.1, 0.15) is 6.42 Å². The summed E-state index contributed by atoms with van der Waals surface area (Å²) in [7, 11) is 0. The molecule has 0 saturated carbocycles. The van der Waals surface area contributed by atoms with E-state index in [1.807, 2.05) is 0 Å². The van der Waals surface area contributed by atoms with Gasteiger partial charge in [-0.3, -0.25) is 9.78 Å². The van der Waals surface area contributed by atoms with E-state index in [0.29, 0.717) is 0 Å². The second kappa shape index (κ2) is 5.03. The van der Waals surface area contributed by atoms with Gasteiger partial charge in [0.15, 0.2) is 0 Å². The van der Waals surface area contributed by atoms with Gasteiger partial charge in [-0.15, -0.1) is 0 Å². The predicted molar refractivity (Wildman–Crippen MR) is 40.5 cm³/mol. The van der Waals surface area contributed by atoms with Gasteiger partial charge < -0.3 is 15.3 Å². The number of hydrogen-bond acceptors (Lipinski definition) is 8. The third-order valence-corrected chi connectivity index (χ3v) is 1.93. The molecule has 8 nitrogen and oxygen atoms in total. The van der Waals surface area contributed by atoms with Crippen LogP contribution in [0.4, 0.5) is 0 Å². The van der Waals surface area contributed by atoms with Crippen LogP contribution in [-0.4, -0.2) is 46.1 Å². The molecule has 0 aromatic rings. The van der Waals surface area contributed by atoms with Gasteiger partial charge in [-0.25, -0.2) is 9.59 Å². The summed E-state index contributed by atoms with van der Waals surface area (Å²) in [5, 5.41) is 30.8. The van der Waals surface area contributed by atoms with Crippen molar-refractivity contribution in [2.24, 2.45) is 5.92 Å². The number of aliphatic hydroxyl groups is 3. The lowest BCUT2D eigenvalue weighted by Crippen LogP contribution is -2.40. The lowest BCUT2D eigenvalue weighted by Gasteiger charge is -2.20.